The predicted octanol–water partition coefficient (Wildman–Crippen LogP) is 7.67. The number of fused-ring (bicyclic) bond motifs is 2. The second-order valence-corrected chi connectivity index (χ2v) is 14.9. The molecule has 3 atom stereocenters. The van der Waals surface area contributed by atoms with Gasteiger partial charge < -0.3 is 29.4 Å². The lowest BCUT2D eigenvalue weighted by Gasteiger charge is -2.29. The van der Waals surface area contributed by atoms with Crippen molar-refractivity contribution in [1.29, 1.82) is 0 Å². The Morgan fingerprint density at radius 2 is 1.85 bits per heavy atom. The van der Waals surface area contributed by atoms with Crippen LogP contribution in [0.5, 0.6) is 11.5 Å². The Morgan fingerprint density at radius 3 is 2.60 bits per heavy atom. The van der Waals surface area contributed by atoms with Gasteiger partial charge in [0.2, 0.25) is 0 Å². The summed E-state index contributed by atoms with van der Waals surface area (Å²) in [5.41, 5.74) is 6.49. The van der Waals surface area contributed by atoms with E-state index >= 15 is 4.39 Å². The first-order valence-electron chi connectivity index (χ1n) is 18.1. The number of hydrogen-bond acceptors (Lipinski definition) is 8. The zero-order chi connectivity index (χ0) is 37.6. The molecule has 3 aromatic carbocycles. The van der Waals surface area contributed by atoms with Crippen molar-refractivity contribution in [2.45, 2.75) is 77.7 Å². The molecule has 1 aromatic heterocycles. The molecule has 1 fully saturated rings. The molecule has 4 aromatic rings. The van der Waals surface area contributed by atoms with Gasteiger partial charge in [0.15, 0.2) is 11.6 Å². The van der Waals surface area contributed by atoms with Gasteiger partial charge in [0, 0.05) is 68.1 Å². The number of rotatable bonds is 12. The summed E-state index contributed by atoms with van der Waals surface area (Å²) in [4.78, 5) is 32.5. The number of nitrogens with zero attached hydrogens (tertiary/aromatic N) is 3. The average Bonchev–Trinajstić information content (AvgIpc) is 3.70. The largest absolute Gasteiger partial charge is 0.493 e. The molecule has 0 spiro atoms. The van der Waals surface area contributed by atoms with E-state index in [0.29, 0.717) is 60.7 Å². The predicted molar refractivity (Wildman–Crippen MR) is 202 cm³/mol. The summed E-state index contributed by atoms with van der Waals surface area (Å²) in [7, 11) is 3.24. The van der Waals surface area contributed by atoms with Crippen LogP contribution in [0.4, 0.5) is 10.1 Å². The fourth-order valence-electron chi connectivity index (χ4n) is 7.57. The molecule has 280 valence electrons. The van der Waals surface area contributed by atoms with Gasteiger partial charge in [0.1, 0.15) is 22.6 Å². The number of nitrogens with one attached hydrogen (secondary N) is 2. The maximum absolute atomic E-state index is 15.8. The summed E-state index contributed by atoms with van der Waals surface area (Å²) in [6, 6.07) is 13.5. The molecule has 2 aliphatic carbocycles. The number of carbonyl (C=O) groups is 2. The number of halogens is 3. The van der Waals surface area contributed by atoms with Crippen molar-refractivity contribution in [3.8, 4) is 22.6 Å². The van der Waals surface area contributed by atoms with Crippen LogP contribution in [0.1, 0.15) is 78.4 Å². The zero-order valence-corrected chi connectivity index (χ0v) is 32.0. The highest BCUT2D eigenvalue weighted by Crippen LogP contribution is 2.46. The van der Waals surface area contributed by atoms with Crippen LogP contribution < -0.4 is 20.1 Å². The van der Waals surface area contributed by atoms with Gasteiger partial charge in [-0.2, -0.15) is 0 Å². The van der Waals surface area contributed by atoms with Gasteiger partial charge in [-0.25, -0.2) is 9.37 Å². The molecule has 53 heavy (non-hydrogen) atoms. The summed E-state index contributed by atoms with van der Waals surface area (Å²) in [6.45, 7) is 8.25. The van der Waals surface area contributed by atoms with Gasteiger partial charge in [-0.15, -0.1) is 0 Å². The number of imidazole rings is 1. The Kier molecular flexibility index (Phi) is 10.7. The molecule has 13 heteroatoms. The van der Waals surface area contributed by atoms with Crippen molar-refractivity contribution in [2.75, 3.05) is 25.6 Å². The van der Waals surface area contributed by atoms with E-state index in [-0.39, 0.29) is 46.7 Å². The van der Waals surface area contributed by atoms with Crippen LogP contribution in [-0.4, -0.2) is 58.7 Å². The number of methoxy groups -OCH3 is 1. The maximum atomic E-state index is 15.8. The van der Waals surface area contributed by atoms with Crippen LogP contribution in [-0.2, 0) is 42.5 Å². The summed E-state index contributed by atoms with van der Waals surface area (Å²) >= 11 is 13.6. The average molecular weight is 765 g/mol. The molecule has 1 aliphatic heterocycles. The normalized spacial score (nSPS) is 19.2. The van der Waals surface area contributed by atoms with Gasteiger partial charge in [-0.05, 0) is 62.8 Å². The van der Waals surface area contributed by atoms with E-state index in [4.69, 9.17) is 42.4 Å². The molecule has 2 N–H and O–H groups in total. The lowest BCUT2D eigenvalue weighted by atomic mass is 9.96. The number of esters is 1. The molecule has 3 aliphatic rings. The highest BCUT2D eigenvalue weighted by atomic mass is 35.5. The number of aromatic nitrogens is 2. The molecular weight excluding hydrogens is 720 g/mol. The third-order valence-corrected chi connectivity index (χ3v) is 11.4. The number of benzene rings is 3. The van der Waals surface area contributed by atoms with Gasteiger partial charge in [-0.1, -0.05) is 53.5 Å². The number of carbonyl (C=O) groups excluding carboxylic acids is 2. The van der Waals surface area contributed by atoms with E-state index in [1.165, 1.54) is 7.11 Å². The first-order chi connectivity index (χ1) is 25.5. The van der Waals surface area contributed by atoms with Crippen molar-refractivity contribution >= 4 is 40.8 Å². The Hall–Kier alpha value is -4.16. The maximum Gasteiger partial charge on any atom is 0.310 e. The summed E-state index contributed by atoms with van der Waals surface area (Å²) < 4.78 is 34.8. The fourth-order valence-corrected chi connectivity index (χ4v) is 8.06. The summed E-state index contributed by atoms with van der Waals surface area (Å²) in [6.07, 6.45) is 2.40. The van der Waals surface area contributed by atoms with Crippen LogP contribution >= 0.6 is 23.2 Å². The molecule has 3 unspecified atom stereocenters. The Labute approximate surface area is 318 Å². The minimum absolute atomic E-state index is 0.0944. The molecule has 7 rings (SSSR count). The van der Waals surface area contributed by atoms with Crippen molar-refractivity contribution in [3.05, 3.63) is 92.2 Å². The number of ether oxygens (including phenoxy) is 3. The van der Waals surface area contributed by atoms with Gasteiger partial charge in [0.05, 0.1) is 36.0 Å². The topological polar surface area (TPSA) is 107 Å². The van der Waals surface area contributed by atoms with E-state index in [1.54, 1.807) is 12.1 Å². The Balaban J connectivity index is 1.10. The number of hydrogen-bond donors (Lipinski definition) is 2. The molecule has 10 nitrogen and oxygen atoms in total. The third-order valence-electron chi connectivity index (χ3n) is 10.6. The van der Waals surface area contributed by atoms with Crippen LogP contribution in [0, 0.1) is 11.7 Å². The van der Waals surface area contributed by atoms with Crippen LogP contribution in [0.3, 0.4) is 0 Å². The van der Waals surface area contributed by atoms with Gasteiger partial charge in [-0.3, -0.25) is 14.5 Å². The van der Waals surface area contributed by atoms with Crippen LogP contribution in [0.2, 0.25) is 10.0 Å². The van der Waals surface area contributed by atoms with Crippen molar-refractivity contribution in [1.82, 2.24) is 19.8 Å². The fraction of sp³-hybridized carbons (Fsp3) is 0.425. The first-order valence-corrected chi connectivity index (χ1v) is 18.9. The SMILES string of the molecule is CCOc1cc(OC2CCc3c(-c4cccc(NC(=O)c5nc6c(n5C)CCN(C(C)C)C6)c4Cl)cccc32)c(Cl)c(F)c1CNC1CC1C(=O)OC. The number of amides is 1. The minimum atomic E-state index is -0.628. The molecule has 0 radical (unpaired) electrons. The van der Waals surface area contributed by atoms with Crippen molar-refractivity contribution in [3.63, 3.8) is 0 Å². The highest BCUT2D eigenvalue weighted by molar-refractivity contribution is 6.36. The Morgan fingerprint density at radius 1 is 1.08 bits per heavy atom. The van der Waals surface area contributed by atoms with E-state index in [2.05, 4.69) is 29.4 Å². The second kappa shape index (κ2) is 15.3. The zero-order valence-electron chi connectivity index (χ0n) is 30.5. The lowest BCUT2D eigenvalue weighted by Crippen LogP contribution is -2.36. The molecule has 1 saturated carbocycles. The smallest absolute Gasteiger partial charge is 0.310 e. The molecule has 2 heterocycles. The summed E-state index contributed by atoms with van der Waals surface area (Å²) in [5, 5.41) is 6.51. The molecule has 1 amide bonds. The molecule has 0 saturated heterocycles. The van der Waals surface area contributed by atoms with Crippen LogP contribution in [0.25, 0.3) is 11.1 Å². The summed E-state index contributed by atoms with van der Waals surface area (Å²) in [5.74, 6) is -0.607. The van der Waals surface area contributed by atoms with Crippen molar-refractivity contribution in [2.24, 2.45) is 13.0 Å². The minimum Gasteiger partial charge on any atom is -0.493 e. The van der Waals surface area contributed by atoms with E-state index in [0.717, 1.165) is 46.6 Å². The first kappa shape index (κ1) is 37.2. The van der Waals surface area contributed by atoms with Crippen molar-refractivity contribution < 1.29 is 28.2 Å². The highest BCUT2D eigenvalue weighted by Gasteiger charge is 2.44. The van der Waals surface area contributed by atoms with Gasteiger partial charge >= 0.3 is 5.97 Å². The molecule has 0 bridgehead atoms. The second-order valence-electron chi connectivity index (χ2n) is 14.1. The standard InChI is InChI=1S/C40H44Cl2FN5O5/c1-6-52-33-18-34(36(42)37(43)27(33)19-44-29-17-26(29)40(50)51-5)53-32-14-13-23-22(9-7-10-24(23)32)25-11-8-12-28(35(25)41)46-39(49)38-45-30-20-48(21(2)3)16-15-31(30)47(38)4/h7-12,18,21,26,29,32,44H,6,13-17,19-20H2,1-5H3,(H,46,49). The quantitative estimate of drug-likeness (QED) is 0.142. The van der Waals surface area contributed by atoms with E-state index < -0.39 is 11.9 Å². The van der Waals surface area contributed by atoms with E-state index in [9.17, 15) is 9.59 Å². The van der Waals surface area contributed by atoms with E-state index in [1.807, 2.05) is 48.9 Å². The molecular formula is C40H44Cl2FN5O5. The Bertz CT molecular complexity index is 2070. The van der Waals surface area contributed by atoms with Crippen LogP contribution in [0.15, 0.2) is 42.5 Å². The third kappa shape index (κ3) is 7.24. The lowest BCUT2D eigenvalue weighted by molar-refractivity contribution is -0.142. The van der Waals surface area contributed by atoms with Gasteiger partial charge in [0.25, 0.3) is 5.91 Å². The number of anilines is 1. The monoisotopic (exact) mass is 763 g/mol.